The monoisotopic (exact) mass is 381 g/mol. The van der Waals surface area contributed by atoms with E-state index in [0.29, 0.717) is 12.1 Å². The minimum Gasteiger partial charge on any atom is -0.390 e. The molecular formula is C21H20ClN3O2. The predicted octanol–water partition coefficient (Wildman–Crippen LogP) is 4.05. The highest BCUT2D eigenvalue weighted by Crippen LogP contribution is 2.33. The van der Waals surface area contributed by atoms with Crippen molar-refractivity contribution in [2.45, 2.75) is 19.1 Å². The molecule has 1 unspecified atom stereocenters. The highest BCUT2D eigenvalue weighted by molar-refractivity contribution is 5.92. The van der Waals surface area contributed by atoms with Crippen molar-refractivity contribution in [1.82, 2.24) is 10.1 Å². The first-order chi connectivity index (χ1) is 12.8. The Morgan fingerprint density at radius 1 is 0.926 bits per heavy atom. The molecule has 0 bridgehead atoms. The van der Waals surface area contributed by atoms with Gasteiger partial charge < -0.3 is 15.4 Å². The molecule has 0 radical (unpaired) electrons. The number of hydrogen-bond acceptors (Lipinski definition) is 5. The van der Waals surface area contributed by atoms with Crippen LogP contribution in [0.4, 0.5) is 0 Å². The fourth-order valence-electron chi connectivity index (χ4n) is 3.18. The molecule has 3 N–H and O–H groups in total. The Morgan fingerprint density at radius 3 is 2.52 bits per heavy atom. The number of pyridine rings is 1. The lowest BCUT2D eigenvalue weighted by Gasteiger charge is -2.15. The number of halogens is 1. The van der Waals surface area contributed by atoms with E-state index in [0.717, 1.165) is 33.5 Å². The molecule has 0 fully saturated rings. The summed E-state index contributed by atoms with van der Waals surface area (Å²) in [5, 5.41) is 14.5. The average Bonchev–Trinajstić information content (AvgIpc) is 3.12. The van der Waals surface area contributed by atoms with Crippen LogP contribution < -0.4 is 5.73 Å². The summed E-state index contributed by atoms with van der Waals surface area (Å²) in [6.45, 7) is -0.0788. The first kappa shape index (κ1) is 19.0. The number of rotatable bonds is 5. The van der Waals surface area contributed by atoms with Crippen molar-refractivity contribution in [3.05, 3.63) is 83.7 Å². The van der Waals surface area contributed by atoms with Crippen LogP contribution in [0.3, 0.4) is 0 Å². The molecule has 4 rings (SSSR count). The first-order valence-electron chi connectivity index (χ1n) is 8.51. The maximum Gasteiger partial charge on any atom is 0.167 e. The van der Waals surface area contributed by atoms with Gasteiger partial charge in [-0.15, -0.1) is 12.4 Å². The fraction of sp³-hybridized carbons (Fsp3) is 0.143. The molecule has 5 nitrogen and oxygen atoms in total. The van der Waals surface area contributed by atoms with Crippen molar-refractivity contribution in [3.63, 3.8) is 0 Å². The number of nitrogens with zero attached hydrogens (tertiary/aromatic N) is 2. The molecule has 0 aliphatic rings. The molecule has 1 atom stereocenters. The second-order valence-electron chi connectivity index (χ2n) is 6.20. The second-order valence-corrected chi connectivity index (χ2v) is 6.20. The van der Waals surface area contributed by atoms with Gasteiger partial charge in [0, 0.05) is 29.1 Å². The molecule has 27 heavy (non-hydrogen) atoms. The fourth-order valence-corrected chi connectivity index (χ4v) is 3.18. The lowest BCUT2D eigenvalue weighted by Crippen LogP contribution is -2.15. The molecule has 6 heteroatoms. The molecule has 0 spiro atoms. The molecule has 2 heterocycles. The van der Waals surface area contributed by atoms with Crippen molar-refractivity contribution in [2.75, 3.05) is 0 Å². The van der Waals surface area contributed by atoms with Gasteiger partial charge in [-0.2, -0.15) is 0 Å². The van der Waals surface area contributed by atoms with Gasteiger partial charge in [0.05, 0.1) is 12.3 Å². The maximum atomic E-state index is 9.27. The van der Waals surface area contributed by atoms with Gasteiger partial charge in [-0.1, -0.05) is 47.6 Å². The third kappa shape index (κ3) is 3.85. The van der Waals surface area contributed by atoms with Gasteiger partial charge in [-0.05, 0) is 29.8 Å². The normalized spacial score (nSPS) is 11.9. The van der Waals surface area contributed by atoms with Crippen LogP contribution in [0.15, 0.2) is 71.3 Å². The van der Waals surface area contributed by atoms with E-state index in [1.54, 1.807) is 6.07 Å². The van der Waals surface area contributed by atoms with Gasteiger partial charge in [-0.25, -0.2) is 0 Å². The van der Waals surface area contributed by atoms with Crippen LogP contribution in [0, 0.1) is 0 Å². The SMILES string of the molecule is Cl.NC(Cc1cccc(CO)n1)c1ccccc1-c1noc2ccccc12. The zero-order valence-corrected chi connectivity index (χ0v) is 15.4. The summed E-state index contributed by atoms with van der Waals surface area (Å²) in [7, 11) is 0. The number of aliphatic hydroxyl groups is 1. The van der Waals surface area contributed by atoms with Crippen molar-refractivity contribution in [2.24, 2.45) is 5.73 Å². The van der Waals surface area contributed by atoms with E-state index in [1.807, 2.05) is 60.7 Å². The van der Waals surface area contributed by atoms with E-state index in [-0.39, 0.29) is 25.1 Å². The molecule has 0 amide bonds. The van der Waals surface area contributed by atoms with Crippen LogP contribution in [0.1, 0.15) is 23.0 Å². The largest absolute Gasteiger partial charge is 0.390 e. The summed E-state index contributed by atoms with van der Waals surface area (Å²) in [6.07, 6.45) is 0.570. The zero-order chi connectivity index (χ0) is 17.9. The highest BCUT2D eigenvalue weighted by atomic mass is 35.5. The Hall–Kier alpha value is -2.73. The second kappa shape index (κ2) is 8.31. The van der Waals surface area contributed by atoms with Crippen LogP contribution in [-0.4, -0.2) is 15.2 Å². The minimum absolute atomic E-state index is 0. The number of para-hydroxylation sites is 1. The summed E-state index contributed by atoms with van der Waals surface area (Å²) in [5.74, 6) is 0. The summed E-state index contributed by atoms with van der Waals surface area (Å²) in [5.41, 5.74) is 11.5. The van der Waals surface area contributed by atoms with E-state index < -0.39 is 0 Å². The Morgan fingerprint density at radius 2 is 1.67 bits per heavy atom. The van der Waals surface area contributed by atoms with Gasteiger partial charge >= 0.3 is 0 Å². The highest BCUT2D eigenvalue weighted by Gasteiger charge is 2.18. The summed E-state index contributed by atoms with van der Waals surface area (Å²) in [6, 6.07) is 21.1. The van der Waals surface area contributed by atoms with Gasteiger partial charge in [0.15, 0.2) is 5.58 Å². The van der Waals surface area contributed by atoms with Crippen molar-refractivity contribution in [3.8, 4) is 11.3 Å². The lowest BCUT2D eigenvalue weighted by molar-refractivity contribution is 0.276. The molecule has 0 saturated carbocycles. The Balaban J connectivity index is 0.00000210. The Kier molecular flexibility index (Phi) is 5.86. The van der Waals surface area contributed by atoms with E-state index in [1.165, 1.54) is 0 Å². The van der Waals surface area contributed by atoms with Crippen LogP contribution in [0.2, 0.25) is 0 Å². The lowest BCUT2D eigenvalue weighted by atomic mass is 9.94. The Labute approximate surface area is 163 Å². The summed E-state index contributed by atoms with van der Waals surface area (Å²) >= 11 is 0. The van der Waals surface area contributed by atoms with Crippen LogP contribution >= 0.6 is 12.4 Å². The summed E-state index contributed by atoms with van der Waals surface area (Å²) in [4.78, 5) is 4.43. The quantitative estimate of drug-likeness (QED) is 0.544. The maximum absolute atomic E-state index is 9.27. The molecule has 0 aliphatic carbocycles. The van der Waals surface area contributed by atoms with Crippen LogP contribution in [0.5, 0.6) is 0 Å². The molecule has 138 valence electrons. The average molecular weight is 382 g/mol. The van der Waals surface area contributed by atoms with Crippen LogP contribution in [0.25, 0.3) is 22.2 Å². The number of aromatic nitrogens is 2. The van der Waals surface area contributed by atoms with Crippen molar-refractivity contribution >= 4 is 23.4 Å². The van der Waals surface area contributed by atoms with E-state index in [4.69, 9.17) is 10.3 Å². The standard InChI is InChI=1S/C21H19N3O2.ClH/c22-19(12-14-6-5-7-15(13-25)23-14)16-8-1-2-9-17(16)21-18-10-3-4-11-20(18)26-24-21;/h1-11,19,25H,12-13,22H2;1H. The summed E-state index contributed by atoms with van der Waals surface area (Å²) < 4.78 is 5.46. The van der Waals surface area contributed by atoms with Crippen LogP contribution in [-0.2, 0) is 13.0 Å². The van der Waals surface area contributed by atoms with Gasteiger partial charge in [-0.3, -0.25) is 4.98 Å². The predicted molar refractivity (Wildman–Crippen MR) is 107 cm³/mol. The minimum atomic E-state index is -0.247. The zero-order valence-electron chi connectivity index (χ0n) is 14.6. The number of aliphatic hydroxyl groups excluding tert-OH is 1. The topological polar surface area (TPSA) is 85.2 Å². The van der Waals surface area contributed by atoms with Gasteiger partial charge in [0.25, 0.3) is 0 Å². The number of benzene rings is 2. The number of hydrogen-bond donors (Lipinski definition) is 2. The molecule has 0 aliphatic heterocycles. The Bertz CT molecular complexity index is 1050. The first-order valence-corrected chi connectivity index (χ1v) is 8.51. The molecule has 0 saturated heterocycles. The van der Waals surface area contributed by atoms with E-state index in [2.05, 4.69) is 10.1 Å². The van der Waals surface area contributed by atoms with Crippen molar-refractivity contribution < 1.29 is 9.63 Å². The third-order valence-electron chi connectivity index (χ3n) is 4.45. The van der Waals surface area contributed by atoms with Gasteiger partial charge in [0.1, 0.15) is 5.69 Å². The molecule has 2 aromatic carbocycles. The van der Waals surface area contributed by atoms with E-state index >= 15 is 0 Å². The van der Waals surface area contributed by atoms with Gasteiger partial charge in [0.2, 0.25) is 0 Å². The number of fused-ring (bicyclic) bond motifs is 1. The number of nitrogens with two attached hydrogens (primary N) is 1. The molecule has 2 aromatic heterocycles. The van der Waals surface area contributed by atoms with E-state index in [9.17, 15) is 5.11 Å². The third-order valence-corrected chi connectivity index (χ3v) is 4.45. The molecular weight excluding hydrogens is 362 g/mol. The molecule has 4 aromatic rings. The smallest absolute Gasteiger partial charge is 0.167 e. The van der Waals surface area contributed by atoms with Crippen molar-refractivity contribution in [1.29, 1.82) is 0 Å².